The minimum Gasteiger partial charge on any atom is -0.480 e. The first-order valence-corrected chi connectivity index (χ1v) is 10.0. The Hall–Kier alpha value is -4.20. The van der Waals surface area contributed by atoms with Gasteiger partial charge in [0, 0.05) is 18.5 Å². The predicted molar refractivity (Wildman–Crippen MR) is 116 cm³/mol. The summed E-state index contributed by atoms with van der Waals surface area (Å²) < 4.78 is 5.42. The molecule has 1 unspecified atom stereocenters. The van der Waals surface area contributed by atoms with Crippen LogP contribution in [0.3, 0.4) is 0 Å². The Kier molecular flexibility index (Phi) is 5.85. The number of ether oxygens (including phenoxy) is 1. The molecule has 4 N–H and O–H groups in total. The smallest absolute Gasteiger partial charge is 0.407 e. The molecular formula is C24H21N3O5. The Labute approximate surface area is 184 Å². The molecule has 1 aliphatic carbocycles. The Balaban J connectivity index is 1.43. The number of nitrogens with zero attached hydrogens (tertiary/aromatic N) is 1. The number of fused-ring (bicyclic) bond motifs is 3. The van der Waals surface area contributed by atoms with Gasteiger partial charge in [0.05, 0.1) is 0 Å². The molecule has 0 aliphatic heterocycles. The van der Waals surface area contributed by atoms with Crippen molar-refractivity contribution < 1.29 is 24.2 Å². The molecule has 0 radical (unpaired) electrons. The number of hydrogen-bond acceptors (Lipinski definition) is 5. The Morgan fingerprint density at radius 2 is 1.66 bits per heavy atom. The minimum atomic E-state index is -1.24. The molecule has 0 fully saturated rings. The molecule has 0 bridgehead atoms. The van der Waals surface area contributed by atoms with E-state index in [0.717, 1.165) is 22.3 Å². The van der Waals surface area contributed by atoms with Crippen molar-refractivity contribution in [2.24, 2.45) is 5.73 Å². The van der Waals surface area contributed by atoms with Crippen molar-refractivity contribution in [1.82, 2.24) is 10.3 Å². The van der Waals surface area contributed by atoms with Gasteiger partial charge in [-0.25, -0.2) is 9.59 Å². The van der Waals surface area contributed by atoms with Crippen LogP contribution in [0.1, 0.15) is 33.1 Å². The van der Waals surface area contributed by atoms with Crippen molar-refractivity contribution in [3.8, 4) is 11.1 Å². The van der Waals surface area contributed by atoms with Gasteiger partial charge in [-0.05, 0) is 39.9 Å². The summed E-state index contributed by atoms with van der Waals surface area (Å²) in [5, 5.41) is 11.9. The summed E-state index contributed by atoms with van der Waals surface area (Å²) in [5.74, 6) is -2.08. The second kappa shape index (κ2) is 8.89. The van der Waals surface area contributed by atoms with E-state index in [0.29, 0.717) is 5.56 Å². The highest BCUT2D eigenvalue weighted by molar-refractivity contribution is 5.91. The van der Waals surface area contributed by atoms with Crippen LogP contribution in [0.15, 0.2) is 66.9 Å². The van der Waals surface area contributed by atoms with E-state index in [9.17, 15) is 19.5 Å². The minimum absolute atomic E-state index is 0.0211. The maximum absolute atomic E-state index is 12.4. The Morgan fingerprint density at radius 1 is 1.03 bits per heavy atom. The zero-order valence-corrected chi connectivity index (χ0v) is 17.0. The first-order valence-electron chi connectivity index (χ1n) is 10.0. The number of nitrogens with two attached hydrogens (primary N) is 1. The first-order chi connectivity index (χ1) is 15.4. The number of carbonyl (C=O) groups is 3. The van der Waals surface area contributed by atoms with E-state index in [1.807, 2.05) is 48.5 Å². The number of rotatable bonds is 7. The van der Waals surface area contributed by atoms with E-state index in [4.69, 9.17) is 10.5 Å². The standard InChI is InChI=1S/C24H21N3O5/c25-22(28)20-11-14(9-10-26-20)12-21(23(29)30)27-24(31)32-13-19-17-7-3-1-5-15(17)16-6-2-4-8-18(16)19/h1-11,19,21H,12-13H2,(H2,25,28)(H,27,31)(H,29,30). The van der Waals surface area contributed by atoms with Gasteiger partial charge in [0.2, 0.25) is 0 Å². The number of carbonyl (C=O) groups excluding carboxylic acids is 2. The predicted octanol–water partition coefficient (Wildman–Crippen LogP) is 2.71. The van der Waals surface area contributed by atoms with Crippen LogP contribution in [0.4, 0.5) is 4.79 Å². The van der Waals surface area contributed by atoms with Gasteiger partial charge in [-0.1, -0.05) is 48.5 Å². The molecule has 0 saturated carbocycles. The molecule has 1 atom stereocenters. The molecule has 2 aromatic carbocycles. The average molecular weight is 431 g/mol. The molecule has 0 spiro atoms. The normalized spacial score (nSPS) is 13.0. The third kappa shape index (κ3) is 4.29. The van der Waals surface area contributed by atoms with Gasteiger partial charge in [-0.2, -0.15) is 0 Å². The highest BCUT2D eigenvalue weighted by Crippen LogP contribution is 2.44. The van der Waals surface area contributed by atoms with E-state index in [1.165, 1.54) is 12.3 Å². The van der Waals surface area contributed by atoms with Crippen LogP contribution in [-0.4, -0.2) is 40.7 Å². The zero-order chi connectivity index (χ0) is 22.7. The molecular weight excluding hydrogens is 410 g/mol. The summed E-state index contributed by atoms with van der Waals surface area (Å²) >= 11 is 0. The highest BCUT2D eigenvalue weighted by atomic mass is 16.5. The number of alkyl carbamates (subject to hydrolysis) is 1. The third-order valence-corrected chi connectivity index (χ3v) is 5.45. The van der Waals surface area contributed by atoms with Crippen molar-refractivity contribution in [3.05, 3.63) is 89.2 Å². The molecule has 4 rings (SSSR count). The summed E-state index contributed by atoms with van der Waals surface area (Å²) in [4.78, 5) is 39.2. The number of hydrogen-bond donors (Lipinski definition) is 3. The van der Waals surface area contributed by atoms with Crippen molar-refractivity contribution in [2.45, 2.75) is 18.4 Å². The summed E-state index contributed by atoms with van der Waals surface area (Å²) in [5.41, 5.74) is 10.1. The largest absolute Gasteiger partial charge is 0.480 e. The van der Waals surface area contributed by atoms with Crippen LogP contribution in [0.2, 0.25) is 0 Å². The van der Waals surface area contributed by atoms with Gasteiger partial charge < -0.3 is 20.9 Å². The number of carboxylic acids is 1. The topological polar surface area (TPSA) is 132 Å². The van der Waals surface area contributed by atoms with Crippen LogP contribution >= 0.6 is 0 Å². The Bertz CT molecular complexity index is 1150. The van der Waals surface area contributed by atoms with Crippen molar-refractivity contribution in [1.29, 1.82) is 0 Å². The molecule has 1 heterocycles. The SMILES string of the molecule is NC(=O)c1cc(CC(NC(=O)OCC2c3ccccc3-c3ccccc32)C(=O)O)ccn1. The number of pyridine rings is 1. The van der Waals surface area contributed by atoms with Crippen LogP contribution in [0.5, 0.6) is 0 Å². The number of aromatic nitrogens is 1. The van der Waals surface area contributed by atoms with Crippen molar-refractivity contribution in [2.75, 3.05) is 6.61 Å². The molecule has 1 aliphatic rings. The van der Waals surface area contributed by atoms with Gasteiger partial charge in [-0.15, -0.1) is 0 Å². The van der Waals surface area contributed by atoms with E-state index in [2.05, 4.69) is 10.3 Å². The van der Waals surface area contributed by atoms with Gasteiger partial charge in [0.15, 0.2) is 0 Å². The van der Waals surface area contributed by atoms with Gasteiger partial charge in [-0.3, -0.25) is 9.78 Å². The maximum Gasteiger partial charge on any atom is 0.407 e. The highest BCUT2D eigenvalue weighted by Gasteiger charge is 2.29. The third-order valence-electron chi connectivity index (χ3n) is 5.45. The summed E-state index contributed by atoms with van der Waals surface area (Å²) in [7, 11) is 0. The van der Waals surface area contributed by atoms with Crippen molar-refractivity contribution in [3.63, 3.8) is 0 Å². The van der Waals surface area contributed by atoms with Gasteiger partial charge >= 0.3 is 12.1 Å². The second-order valence-corrected chi connectivity index (χ2v) is 7.48. The average Bonchev–Trinajstić information content (AvgIpc) is 3.11. The molecule has 0 saturated heterocycles. The summed E-state index contributed by atoms with van der Waals surface area (Å²) in [6, 6.07) is 17.6. The first kappa shape index (κ1) is 21.0. The molecule has 32 heavy (non-hydrogen) atoms. The van der Waals surface area contributed by atoms with E-state index < -0.39 is 24.0 Å². The molecule has 8 nitrogen and oxygen atoms in total. The number of amides is 2. The lowest BCUT2D eigenvalue weighted by Crippen LogP contribution is -2.43. The lowest BCUT2D eigenvalue weighted by molar-refractivity contribution is -0.139. The fourth-order valence-electron chi connectivity index (χ4n) is 3.95. The van der Waals surface area contributed by atoms with Crippen LogP contribution < -0.4 is 11.1 Å². The zero-order valence-electron chi connectivity index (χ0n) is 17.0. The fourth-order valence-corrected chi connectivity index (χ4v) is 3.95. The summed E-state index contributed by atoms with van der Waals surface area (Å²) in [6.07, 6.45) is 0.479. The van der Waals surface area contributed by atoms with Crippen LogP contribution in [0, 0.1) is 0 Å². The quantitative estimate of drug-likeness (QED) is 0.527. The maximum atomic E-state index is 12.4. The number of carboxylic acid groups (broad SMARTS) is 1. The number of primary amides is 1. The van der Waals surface area contributed by atoms with E-state index >= 15 is 0 Å². The van der Waals surface area contributed by atoms with Gasteiger partial charge in [0.1, 0.15) is 18.3 Å². The van der Waals surface area contributed by atoms with E-state index in [-0.39, 0.29) is 24.6 Å². The number of nitrogens with one attached hydrogen (secondary N) is 1. The number of benzene rings is 2. The van der Waals surface area contributed by atoms with Crippen molar-refractivity contribution >= 4 is 18.0 Å². The molecule has 1 aromatic heterocycles. The van der Waals surface area contributed by atoms with Crippen LogP contribution in [0.25, 0.3) is 11.1 Å². The lowest BCUT2D eigenvalue weighted by atomic mass is 9.98. The molecule has 2 amide bonds. The fraction of sp³-hybridized carbons (Fsp3) is 0.167. The van der Waals surface area contributed by atoms with E-state index in [1.54, 1.807) is 6.07 Å². The summed E-state index contributed by atoms with van der Waals surface area (Å²) in [6.45, 7) is 0.0767. The Morgan fingerprint density at radius 3 is 2.25 bits per heavy atom. The number of aliphatic carboxylic acids is 1. The van der Waals surface area contributed by atoms with Crippen LogP contribution in [-0.2, 0) is 16.0 Å². The molecule has 162 valence electrons. The molecule has 8 heteroatoms. The van der Waals surface area contributed by atoms with Gasteiger partial charge in [0.25, 0.3) is 5.91 Å². The lowest BCUT2D eigenvalue weighted by Gasteiger charge is -2.17. The second-order valence-electron chi connectivity index (χ2n) is 7.48. The molecule has 3 aromatic rings. The monoisotopic (exact) mass is 431 g/mol.